The molecule has 7 heteroatoms. The van der Waals surface area contributed by atoms with E-state index in [2.05, 4.69) is 26.0 Å². The van der Waals surface area contributed by atoms with Crippen LogP contribution in [0.1, 0.15) is 6.42 Å². The molecule has 2 rings (SSSR count). The summed E-state index contributed by atoms with van der Waals surface area (Å²) in [7, 11) is 0. The highest BCUT2D eigenvalue weighted by Crippen LogP contribution is 2.32. The molecular formula is C12H13BrF3NO2. The molecule has 0 aliphatic carbocycles. The van der Waals surface area contributed by atoms with E-state index in [-0.39, 0.29) is 10.2 Å². The van der Waals surface area contributed by atoms with Gasteiger partial charge in [0.15, 0.2) is 0 Å². The number of nitrogens with one attached hydrogen (secondary N) is 1. The van der Waals surface area contributed by atoms with Crippen molar-refractivity contribution in [1.82, 2.24) is 0 Å². The van der Waals surface area contributed by atoms with Crippen molar-refractivity contribution in [3.8, 4) is 5.75 Å². The number of hydrogen-bond acceptors (Lipinski definition) is 3. The van der Waals surface area contributed by atoms with Crippen LogP contribution in [-0.4, -0.2) is 26.1 Å². The number of alkyl halides is 3. The van der Waals surface area contributed by atoms with Gasteiger partial charge >= 0.3 is 6.36 Å². The molecule has 19 heavy (non-hydrogen) atoms. The molecule has 0 saturated carbocycles. The number of hydrogen-bond donors (Lipinski definition) is 1. The van der Waals surface area contributed by atoms with Crippen LogP contribution in [0.2, 0.25) is 0 Å². The fourth-order valence-electron chi connectivity index (χ4n) is 1.82. The van der Waals surface area contributed by atoms with Crippen molar-refractivity contribution >= 4 is 21.6 Å². The van der Waals surface area contributed by atoms with Gasteiger partial charge in [-0.1, -0.05) is 0 Å². The van der Waals surface area contributed by atoms with Crippen LogP contribution in [0.4, 0.5) is 18.9 Å². The molecule has 1 saturated heterocycles. The van der Waals surface area contributed by atoms with Crippen LogP contribution in [0.5, 0.6) is 5.75 Å². The van der Waals surface area contributed by atoms with Crippen LogP contribution < -0.4 is 10.1 Å². The summed E-state index contributed by atoms with van der Waals surface area (Å²) in [5.74, 6) is 0.201. The van der Waals surface area contributed by atoms with E-state index in [1.807, 2.05) is 0 Å². The van der Waals surface area contributed by atoms with E-state index < -0.39 is 6.36 Å². The predicted molar refractivity (Wildman–Crippen MR) is 68.2 cm³/mol. The van der Waals surface area contributed by atoms with Gasteiger partial charge in [0.1, 0.15) is 5.75 Å². The summed E-state index contributed by atoms with van der Waals surface area (Å²) in [6, 6.07) is 4.41. The minimum absolute atomic E-state index is 0.248. The number of ether oxygens (including phenoxy) is 2. The van der Waals surface area contributed by atoms with E-state index in [0.717, 1.165) is 31.9 Å². The third-order valence-corrected chi connectivity index (χ3v) is 3.40. The van der Waals surface area contributed by atoms with Gasteiger partial charge in [0.05, 0.1) is 11.1 Å². The van der Waals surface area contributed by atoms with E-state index in [1.165, 1.54) is 6.07 Å². The molecule has 0 spiro atoms. The van der Waals surface area contributed by atoms with E-state index in [0.29, 0.717) is 5.92 Å². The Bertz CT molecular complexity index is 433. The van der Waals surface area contributed by atoms with Gasteiger partial charge in [-0.15, -0.1) is 13.2 Å². The lowest BCUT2D eigenvalue weighted by molar-refractivity contribution is -0.274. The summed E-state index contributed by atoms with van der Waals surface area (Å²) in [4.78, 5) is 0. The van der Waals surface area contributed by atoms with Crippen LogP contribution in [-0.2, 0) is 4.74 Å². The molecule has 0 bridgehead atoms. The van der Waals surface area contributed by atoms with Gasteiger partial charge < -0.3 is 14.8 Å². The Morgan fingerprint density at radius 2 is 2.21 bits per heavy atom. The molecule has 1 aromatic carbocycles. The monoisotopic (exact) mass is 339 g/mol. The lowest BCUT2D eigenvalue weighted by Gasteiger charge is -2.14. The quantitative estimate of drug-likeness (QED) is 0.905. The zero-order chi connectivity index (χ0) is 13.9. The fourth-order valence-corrected chi connectivity index (χ4v) is 2.28. The molecule has 1 N–H and O–H groups in total. The average molecular weight is 340 g/mol. The predicted octanol–water partition coefficient (Wildman–Crippen LogP) is 3.80. The topological polar surface area (TPSA) is 30.5 Å². The molecule has 0 aromatic heterocycles. The van der Waals surface area contributed by atoms with Gasteiger partial charge in [-0.2, -0.15) is 0 Å². The van der Waals surface area contributed by atoms with Crippen molar-refractivity contribution in [2.24, 2.45) is 5.92 Å². The molecule has 1 aliphatic rings. The average Bonchev–Trinajstić information content (AvgIpc) is 2.81. The largest absolute Gasteiger partial charge is 0.573 e. The Kier molecular flexibility index (Phi) is 4.57. The first-order chi connectivity index (χ1) is 8.94. The maximum atomic E-state index is 12.1. The molecule has 1 heterocycles. The zero-order valence-electron chi connectivity index (χ0n) is 9.97. The third kappa shape index (κ3) is 4.58. The molecular weight excluding hydrogens is 327 g/mol. The molecule has 3 nitrogen and oxygen atoms in total. The minimum atomic E-state index is -4.68. The molecule has 106 valence electrons. The highest BCUT2D eigenvalue weighted by Gasteiger charge is 2.31. The number of benzene rings is 1. The van der Waals surface area contributed by atoms with Gasteiger partial charge in [-0.25, -0.2) is 0 Å². The van der Waals surface area contributed by atoms with Gasteiger partial charge in [-0.3, -0.25) is 0 Å². The Labute approximate surface area is 117 Å². The Hall–Kier alpha value is -0.950. The number of rotatable bonds is 4. The molecule has 1 aromatic rings. The van der Waals surface area contributed by atoms with E-state index in [9.17, 15) is 13.2 Å². The van der Waals surface area contributed by atoms with Gasteiger partial charge in [0.2, 0.25) is 0 Å². The zero-order valence-corrected chi connectivity index (χ0v) is 11.6. The van der Waals surface area contributed by atoms with Crippen LogP contribution in [0, 0.1) is 5.92 Å². The lowest BCUT2D eigenvalue weighted by atomic mass is 10.1. The van der Waals surface area contributed by atoms with Gasteiger partial charge in [-0.05, 0) is 40.5 Å². The summed E-state index contributed by atoms with van der Waals surface area (Å²) in [6.07, 6.45) is -3.68. The SMILES string of the molecule is FC(F)(F)Oc1ccc(NCC2CCOC2)cc1Br. The summed E-state index contributed by atoms with van der Waals surface area (Å²) in [5.41, 5.74) is 0.744. The first-order valence-corrected chi connectivity index (χ1v) is 6.60. The highest BCUT2D eigenvalue weighted by atomic mass is 79.9. The summed E-state index contributed by atoms with van der Waals surface area (Å²) in [6.45, 7) is 2.24. The molecule has 1 unspecified atom stereocenters. The Morgan fingerprint density at radius 3 is 2.79 bits per heavy atom. The maximum Gasteiger partial charge on any atom is 0.573 e. The molecule has 0 radical (unpaired) electrons. The van der Waals surface area contributed by atoms with Crippen molar-refractivity contribution in [2.45, 2.75) is 12.8 Å². The summed E-state index contributed by atoms with van der Waals surface area (Å²) < 4.78 is 45.7. The Morgan fingerprint density at radius 1 is 1.42 bits per heavy atom. The van der Waals surface area contributed by atoms with Crippen molar-refractivity contribution in [3.05, 3.63) is 22.7 Å². The smallest absolute Gasteiger partial charge is 0.405 e. The standard InChI is InChI=1S/C12H13BrF3NO2/c13-10-5-9(17-6-8-3-4-18-7-8)1-2-11(10)19-12(14,15)16/h1-2,5,8,17H,3-4,6-7H2. The number of anilines is 1. The van der Waals surface area contributed by atoms with Crippen LogP contribution in [0.25, 0.3) is 0 Å². The first kappa shape index (κ1) is 14.5. The van der Waals surface area contributed by atoms with Crippen molar-refractivity contribution < 1.29 is 22.6 Å². The molecule has 0 amide bonds. The van der Waals surface area contributed by atoms with Crippen molar-refractivity contribution in [3.63, 3.8) is 0 Å². The van der Waals surface area contributed by atoms with Crippen molar-refractivity contribution in [2.75, 3.05) is 25.1 Å². The highest BCUT2D eigenvalue weighted by molar-refractivity contribution is 9.10. The second-order valence-corrected chi connectivity index (χ2v) is 5.16. The maximum absolute atomic E-state index is 12.1. The summed E-state index contributed by atoms with van der Waals surface area (Å²) >= 11 is 3.06. The van der Waals surface area contributed by atoms with E-state index in [4.69, 9.17) is 4.74 Å². The normalized spacial score (nSPS) is 19.5. The summed E-state index contributed by atoms with van der Waals surface area (Å²) in [5, 5.41) is 3.17. The van der Waals surface area contributed by atoms with Crippen molar-refractivity contribution in [1.29, 1.82) is 0 Å². The molecule has 1 fully saturated rings. The first-order valence-electron chi connectivity index (χ1n) is 5.81. The fraction of sp³-hybridized carbons (Fsp3) is 0.500. The van der Waals surface area contributed by atoms with Crippen LogP contribution >= 0.6 is 15.9 Å². The molecule has 1 aliphatic heterocycles. The van der Waals surface area contributed by atoms with E-state index >= 15 is 0 Å². The van der Waals surface area contributed by atoms with Crippen LogP contribution in [0.3, 0.4) is 0 Å². The number of halogens is 4. The Balaban J connectivity index is 1.94. The van der Waals surface area contributed by atoms with E-state index in [1.54, 1.807) is 12.1 Å². The van der Waals surface area contributed by atoms with Gasteiger partial charge in [0, 0.05) is 24.8 Å². The third-order valence-electron chi connectivity index (χ3n) is 2.78. The molecule has 1 atom stereocenters. The minimum Gasteiger partial charge on any atom is -0.405 e. The van der Waals surface area contributed by atoms with Gasteiger partial charge in [0.25, 0.3) is 0 Å². The lowest BCUT2D eigenvalue weighted by Crippen LogP contribution is -2.17. The second-order valence-electron chi connectivity index (χ2n) is 4.30. The van der Waals surface area contributed by atoms with Crippen LogP contribution in [0.15, 0.2) is 22.7 Å². The second kappa shape index (κ2) is 6.00.